The van der Waals surface area contributed by atoms with E-state index in [-0.39, 0.29) is 11.8 Å². The summed E-state index contributed by atoms with van der Waals surface area (Å²) in [6, 6.07) is 0. The number of thiazole rings is 1. The number of rotatable bonds is 3. The SMILES string of the molecule is O=C(NCc1nc2c(s1)CCCC2)[C@H]1CCOC1. The lowest BCUT2D eigenvalue weighted by Gasteiger charge is -2.07. The Labute approximate surface area is 111 Å². The second-order valence-electron chi connectivity index (χ2n) is 4.96. The van der Waals surface area contributed by atoms with Crippen molar-refractivity contribution in [2.24, 2.45) is 5.92 Å². The number of fused-ring (bicyclic) bond motifs is 1. The minimum absolute atomic E-state index is 0.0413. The van der Waals surface area contributed by atoms with Crippen LogP contribution in [0, 0.1) is 5.92 Å². The van der Waals surface area contributed by atoms with Gasteiger partial charge in [0, 0.05) is 11.5 Å². The van der Waals surface area contributed by atoms with Crippen LogP contribution in [-0.2, 0) is 28.9 Å². The second-order valence-corrected chi connectivity index (χ2v) is 6.13. The largest absolute Gasteiger partial charge is 0.381 e. The normalized spacial score (nSPS) is 22.8. The molecule has 5 heteroatoms. The summed E-state index contributed by atoms with van der Waals surface area (Å²) in [5.41, 5.74) is 1.26. The zero-order chi connectivity index (χ0) is 12.4. The highest BCUT2D eigenvalue weighted by Crippen LogP contribution is 2.26. The first-order valence-corrected chi connectivity index (χ1v) is 7.47. The van der Waals surface area contributed by atoms with E-state index in [1.165, 1.54) is 23.4 Å². The molecule has 1 atom stereocenters. The molecule has 0 unspecified atom stereocenters. The van der Waals surface area contributed by atoms with Crippen LogP contribution in [0.4, 0.5) is 0 Å². The Hall–Kier alpha value is -0.940. The molecule has 98 valence electrons. The third kappa shape index (κ3) is 2.57. The number of nitrogens with one attached hydrogen (secondary N) is 1. The van der Waals surface area contributed by atoms with Gasteiger partial charge in [0.1, 0.15) is 5.01 Å². The van der Waals surface area contributed by atoms with Gasteiger partial charge in [-0.25, -0.2) is 4.98 Å². The van der Waals surface area contributed by atoms with Gasteiger partial charge in [-0.1, -0.05) is 0 Å². The molecule has 2 aliphatic rings. The molecule has 4 nitrogen and oxygen atoms in total. The summed E-state index contributed by atoms with van der Waals surface area (Å²) in [6.45, 7) is 1.86. The lowest BCUT2D eigenvalue weighted by Crippen LogP contribution is -2.30. The standard InChI is InChI=1S/C13H18N2O2S/c16-13(9-5-6-17-8-9)14-7-12-15-10-3-1-2-4-11(10)18-12/h9H,1-8H2,(H,14,16)/t9-/m0/s1. The molecule has 3 rings (SSSR count). The van der Waals surface area contributed by atoms with Crippen LogP contribution in [-0.4, -0.2) is 24.1 Å². The number of hydrogen-bond donors (Lipinski definition) is 1. The maximum Gasteiger partial charge on any atom is 0.225 e. The molecular formula is C13H18N2O2S. The Morgan fingerprint density at radius 2 is 2.33 bits per heavy atom. The van der Waals surface area contributed by atoms with Crippen molar-refractivity contribution in [1.82, 2.24) is 10.3 Å². The fraction of sp³-hybridized carbons (Fsp3) is 0.692. The van der Waals surface area contributed by atoms with Crippen LogP contribution in [0.1, 0.15) is 34.8 Å². The first-order chi connectivity index (χ1) is 8.83. The molecule has 2 heterocycles. The van der Waals surface area contributed by atoms with E-state index in [0.717, 1.165) is 24.3 Å². The molecule has 0 radical (unpaired) electrons. The Balaban J connectivity index is 1.56. The molecule has 1 aliphatic heterocycles. The topological polar surface area (TPSA) is 51.2 Å². The molecule has 1 amide bonds. The Morgan fingerprint density at radius 1 is 1.44 bits per heavy atom. The van der Waals surface area contributed by atoms with Gasteiger partial charge in [0.2, 0.25) is 5.91 Å². The average molecular weight is 266 g/mol. The van der Waals surface area contributed by atoms with Gasteiger partial charge in [-0.3, -0.25) is 4.79 Å². The summed E-state index contributed by atoms with van der Waals surface area (Å²) in [7, 11) is 0. The summed E-state index contributed by atoms with van der Waals surface area (Å²) in [5.74, 6) is 0.153. The average Bonchev–Trinajstić information content (AvgIpc) is 3.04. The Kier molecular flexibility index (Phi) is 3.61. The van der Waals surface area contributed by atoms with Gasteiger partial charge in [0.15, 0.2) is 0 Å². The lowest BCUT2D eigenvalue weighted by molar-refractivity contribution is -0.125. The van der Waals surface area contributed by atoms with E-state index in [9.17, 15) is 4.79 Å². The van der Waals surface area contributed by atoms with Crippen molar-refractivity contribution in [1.29, 1.82) is 0 Å². The number of nitrogens with zero attached hydrogens (tertiary/aromatic N) is 1. The van der Waals surface area contributed by atoms with Crippen LogP contribution in [0.15, 0.2) is 0 Å². The van der Waals surface area contributed by atoms with Gasteiger partial charge in [0.25, 0.3) is 0 Å². The van der Waals surface area contributed by atoms with Crippen LogP contribution in [0.5, 0.6) is 0 Å². The molecule has 0 bridgehead atoms. The van der Waals surface area contributed by atoms with Gasteiger partial charge < -0.3 is 10.1 Å². The van der Waals surface area contributed by atoms with Crippen molar-refractivity contribution in [3.05, 3.63) is 15.6 Å². The first-order valence-electron chi connectivity index (χ1n) is 6.66. The van der Waals surface area contributed by atoms with Crippen LogP contribution >= 0.6 is 11.3 Å². The van der Waals surface area contributed by atoms with Gasteiger partial charge in [0.05, 0.1) is 24.8 Å². The Morgan fingerprint density at radius 3 is 3.11 bits per heavy atom. The van der Waals surface area contributed by atoms with Crippen LogP contribution in [0.2, 0.25) is 0 Å². The van der Waals surface area contributed by atoms with E-state index >= 15 is 0 Å². The van der Waals surface area contributed by atoms with E-state index in [1.807, 2.05) is 0 Å². The predicted molar refractivity (Wildman–Crippen MR) is 69.5 cm³/mol. The van der Waals surface area contributed by atoms with E-state index < -0.39 is 0 Å². The van der Waals surface area contributed by atoms with E-state index in [4.69, 9.17) is 4.74 Å². The molecule has 0 aromatic carbocycles. The molecule has 0 saturated carbocycles. The van der Waals surface area contributed by atoms with Crippen molar-refractivity contribution in [2.75, 3.05) is 13.2 Å². The monoisotopic (exact) mass is 266 g/mol. The van der Waals surface area contributed by atoms with Crippen LogP contribution < -0.4 is 5.32 Å². The van der Waals surface area contributed by atoms with Crippen molar-refractivity contribution >= 4 is 17.2 Å². The molecule has 1 aliphatic carbocycles. The zero-order valence-corrected chi connectivity index (χ0v) is 11.2. The third-order valence-electron chi connectivity index (χ3n) is 3.60. The van der Waals surface area contributed by atoms with Crippen molar-refractivity contribution in [3.63, 3.8) is 0 Å². The minimum Gasteiger partial charge on any atom is -0.381 e. The van der Waals surface area contributed by atoms with E-state index in [0.29, 0.717) is 19.8 Å². The fourth-order valence-electron chi connectivity index (χ4n) is 2.53. The summed E-state index contributed by atoms with van der Waals surface area (Å²) in [6.07, 6.45) is 5.65. The Bertz CT molecular complexity index is 415. The highest BCUT2D eigenvalue weighted by atomic mass is 32.1. The molecule has 1 aromatic rings. The van der Waals surface area contributed by atoms with Gasteiger partial charge in [-0.15, -0.1) is 11.3 Å². The van der Waals surface area contributed by atoms with Crippen LogP contribution in [0.25, 0.3) is 0 Å². The molecule has 1 aromatic heterocycles. The van der Waals surface area contributed by atoms with Gasteiger partial charge in [-0.2, -0.15) is 0 Å². The molecule has 1 saturated heterocycles. The molecule has 1 N–H and O–H groups in total. The van der Waals surface area contributed by atoms with Gasteiger partial charge >= 0.3 is 0 Å². The van der Waals surface area contributed by atoms with E-state index in [1.54, 1.807) is 11.3 Å². The summed E-state index contributed by atoms with van der Waals surface area (Å²) in [5, 5.41) is 4.03. The summed E-state index contributed by atoms with van der Waals surface area (Å²) < 4.78 is 5.22. The minimum atomic E-state index is 0.0413. The van der Waals surface area contributed by atoms with Gasteiger partial charge in [-0.05, 0) is 32.1 Å². The van der Waals surface area contributed by atoms with Crippen molar-refractivity contribution in [2.45, 2.75) is 38.6 Å². The second kappa shape index (κ2) is 5.36. The number of carbonyl (C=O) groups excluding carboxylic acids is 1. The number of carbonyl (C=O) groups is 1. The first kappa shape index (κ1) is 12.1. The number of aryl methyl sites for hydroxylation is 2. The quantitative estimate of drug-likeness (QED) is 0.905. The van der Waals surface area contributed by atoms with Crippen molar-refractivity contribution < 1.29 is 9.53 Å². The molecule has 18 heavy (non-hydrogen) atoms. The molecular weight excluding hydrogens is 248 g/mol. The zero-order valence-electron chi connectivity index (χ0n) is 10.4. The highest BCUT2D eigenvalue weighted by Gasteiger charge is 2.23. The van der Waals surface area contributed by atoms with Crippen LogP contribution in [0.3, 0.4) is 0 Å². The number of aromatic nitrogens is 1. The highest BCUT2D eigenvalue weighted by molar-refractivity contribution is 7.11. The molecule has 0 spiro atoms. The number of ether oxygens (including phenoxy) is 1. The fourth-order valence-corrected chi connectivity index (χ4v) is 3.63. The van der Waals surface area contributed by atoms with Crippen molar-refractivity contribution in [3.8, 4) is 0 Å². The van der Waals surface area contributed by atoms with E-state index in [2.05, 4.69) is 10.3 Å². The summed E-state index contributed by atoms with van der Waals surface area (Å²) >= 11 is 1.76. The number of hydrogen-bond acceptors (Lipinski definition) is 4. The smallest absolute Gasteiger partial charge is 0.225 e. The third-order valence-corrected chi connectivity index (χ3v) is 4.76. The summed E-state index contributed by atoms with van der Waals surface area (Å²) in [4.78, 5) is 17.9. The maximum atomic E-state index is 11.8. The lowest BCUT2D eigenvalue weighted by atomic mass is 10.0. The number of amides is 1. The molecule has 1 fully saturated rings. The predicted octanol–water partition coefficient (Wildman–Crippen LogP) is 1.67. The maximum absolute atomic E-state index is 11.8.